The molecule has 0 radical (unpaired) electrons. The van der Waals surface area contributed by atoms with E-state index in [-0.39, 0.29) is 72.8 Å². The maximum absolute atomic E-state index is 14.3. The van der Waals surface area contributed by atoms with E-state index in [0.29, 0.717) is 71.5 Å². The van der Waals surface area contributed by atoms with Gasteiger partial charge in [0.05, 0.1) is 55.9 Å². The minimum Gasteiger partial charge on any atom is -0.493 e. The number of ether oxygens (including phenoxy) is 4. The zero-order chi connectivity index (χ0) is 58.3. The largest absolute Gasteiger partial charge is 0.493 e. The highest BCUT2D eigenvalue weighted by Gasteiger charge is 2.41. The number of likely N-dealkylation sites (N-methyl/N-ethyl adjacent to an activating group) is 2. The molecule has 5 aromatic carbocycles. The second-order valence-electron chi connectivity index (χ2n) is 22.0. The Morgan fingerprint density at radius 3 is 1.74 bits per heavy atom. The van der Waals surface area contributed by atoms with E-state index in [1.807, 2.05) is 111 Å². The van der Waals surface area contributed by atoms with Crippen LogP contribution in [0.5, 0.6) is 23.0 Å². The van der Waals surface area contributed by atoms with Gasteiger partial charge in [-0.15, -0.1) is 0 Å². The third-order valence-electron chi connectivity index (χ3n) is 15.7. The fourth-order valence-corrected chi connectivity index (χ4v) is 15.4. The van der Waals surface area contributed by atoms with Gasteiger partial charge in [-0.3, -0.25) is 23.4 Å². The molecule has 0 bridgehead atoms. The van der Waals surface area contributed by atoms with Gasteiger partial charge in [0.2, 0.25) is 5.91 Å². The van der Waals surface area contributed by atoms with Crippen LogP contribution in [0.3, 0.4) is 0 Å². The number of anilines is 5. The molecule has 5 aromatic rings. The summed E-state index contributed by atoms with van der Waals surface area (Å²) in [7, 11) is 7.14. The van der Waals surface area contributed by atoms with E-state index < -0.39 is 15.4 Å². The smallest absolute Gasteiger partial charge is 0.277 e. The molecule has 0 saturated heterocycles. The Kier molecular flexibility index (Phi) is 19.4. The SMILES string of the molecule is CCNCCCCCC(=O)C(CCSSC(C)(C)CCC(=O)Nc1cc(COc2cc3c(cc2OC)C(=O)N2c4ccccc4C[C@H]2CN3C)cc(COc2cc3c(cc2OC)C(=O)N2c4ccccc4C[C@H]2CN3C)c1)S(=O)(=O)OC. The number of nitrogens with zero attached hydrogens (tertiary/aromatic N) is 4. The number of benzene rings is 5. The van der Waals surface area contributed by atoms with E-state index in [9.17, 15) is 27.6 Å². The molecule has 1 unspecified atom stereocenters. The summed E-state index contributed by atoms with van der Waals surface area (Å²) in [6.07, 6.45) is 4.88. The fraction of sp³-hybridized carbons (Fsp3) is 0.452. The monoisotopic (exact) mass is 1180 g/mol. The van der Waals surface area contributed by atoms with E-state index in [2.05, 4.69) is 32.6 Å². The Bertz CT molecular complexity index is 3130. The minimum absolute atomic E-state index is 0.0339. The summed E-state index contributed by atoms with van der Waals surface area (Å²) in [6, 6.07) is 28.9. The summed E-state index contributed by atoms with van der Waals surface area (Å²) in [5, 5.41) is 5.15. The maximum atomic E-state index is 14.3. The zero-order valence-electron chi connectivity index (χ0n) is 48.2. The van der Waals surface area contributed by atoms with Crippen molar-refractivity contribution in [2.75, 3.05) is 92.3 Å². The van der Waals surface area contributed by atoms with Crippen LogP contribution >= 0.6 is 21.6 Å². The number of carbonyl (C=O) groups excluding carboxylic acids is 4. The molecule has 4 heterocycles. The number of methoxy groups -OCH3 is 2. The van der Waals surface area contributed by atoms with Crippen molar-refractivity contribution in [3.8, 4) is 23.0 Å². The van der Waals surface area contributed by atoms with Crippen molar-refractivity contribution in [3.05, 3.63) is 124 Å². The van der Waals surface area contributed by atoms with Gasteiger partial charge >= 0.3 is 0 Å². The molecule has 82 heavy (non-hydrogen) atoms. The molecule has 2 N–H and O–H groups in total. The lowest BCUT2D eigenvalue weighted by Crippen LogP contribution is -2.41. The quantitative estimate of drug-likeness (QED) is 0.0287. The molecule has 0 saturated carbocycles. The Morgan fingerprint density at radius 1 is 0.695 bits per heavy atom. The van der Waals surface area contributed by atoms with Gasteiger partial charge in [0.25, 0.3) is 21.9 Å². The van der Waals surface area contributed by atoms with Gasteiger partial charge in [-0.25, -0.2) is 0 Å². The number of fused-ring (bicyclic) bond motifs is 8. The number of amides is 3. The molecule has 4 aliphatic heterocycles. The second kappa shape index (κ2) is 26.4. The summed E-state index contributed by atoms with van der Waals surface area (Å²) in [5.74, 6) is 1.36. The van der Waals surface area contributed by atoms with Crippen LogP contribution < -0.4 is 49.2 Å². The molecular weight excluding hydrogens is 1100 g/mol. The molecule has 3 atom stereocenters. The molecular formula is C62H76N6O11S3. The van der Waals surface area contributed by atoms with Gasteiger partial charge in [0.15, 0.2) is 28.8 Å². The van der Waals surface area contributed by atoms with Crippen molar-refractivity contribution in [2.24, 2.45) is 0 Å². The first kappa shape index (κ1) is 60.2. The van der Waals surface area contributed by atoms with Crippen LogP contribution in [0.2, 0.25) is 0 Å². The standard InChI is InChI=1S/C62H76N6O11S3/c1-9-63-25-16-10-11-21-53(69)58(82(73,74)77-8)23-26-80-81-62(2,3)24-22-59(70)64-44-28-40(38-78-56-34-51-47(32-54(56)75-6)60(71)67-45(36-65(51)4)30-42-17-12-14-19-49(42)67)27-41(29-44)39-79-57-35-52-48(33-55(57)76-7)61(72)68-46(37-66(52)5)31-43-18-13-15-20-50(43)68/h12-15,17-20,27-29,32-35,45-46,58,63H,9-11,16,21-26,30-31,36-39H2,1-8H3,(H,64,70)/t45-,46-,58?/m0/s1. The Balaban J connectivity index is 0.906. The predicted octanol–water partition coefficient (Wildman–Crippen LogP) is 10.3. The van der Waals surface area contributed by atoms with Gasteiger partial charge in [0, 0.05) is 79.7 Å². The molecule has 20 heteroatoms. The van der Waals surface area contributed by atoms with E-state index in [0.717, 1.165) is 90.9 Å². The van der Waals surface area contributed by atoms with Gasteiger partial charge in [0.1, 0.15) is 18.5 Å². The maximum Gasteiger partial charge on any atom is 0.277 e. The van der Waals surface area contributed by atoms with Gasteiger partial charge in [-0.2, -0.15) is 8.42 Å². The van der Waals surface area contributed by atoms with Crippen LogP contribution in [0.15, 0.2) is 91.0 Å². The van der Waals surface area contributed by atoms with Gasteiger partial charge in [-0.1, -0.05) is 71.3 Å². The number of hydrogen-bond donors (Lipinski definition) is 2. The molecule has 4 aliphatic rings. The zero-order valence-corrected chi connectivity index (χ0v) is 50.7. The summed E-state index contributed by atoms with van der Waals surface area (Å²) in [5.41, 5.74) is 8.59. The number of ketones is 1. The number of Topliss-reactive ketones (excluding diaryl/α,β-unsaturated/α-hetero) is 1. The first-order valence-electron chi connectivity index (χ1n) is 28.1. The van der Waals surface area contributed by atoms with Crippen LogP contribution in [-0.4, -0.2) is 121 Å². The minimum atomic E-state index is -4.06. The normalized spacial score (nSPS) is 16.7. The number of rotatable bonds is 27. The lowest BCUT2D eigenvalue weighted by atomic mass is 10.1. The van der Waals surface area contributed by atoms with Crippen molar-refractivity contribution in [1.82, 2.24) is 5.32 Å². The third-order valence-corrected chi connectivity index (χ3v) is 20.7. The molecule has 0 spiro atoms. The van der Waals surface area contributed by atoms with Crippen LogP contribution in [-0.2, 0) is 49.9 Å². The van der Waals surface area contributed by atoms with E-state index in [1.54, 1.807) is 37.1 Å². The number of para-hydroxylation sites is 2. The van der Waals surface area contributed by atoms with E-state index in [1.165, 1.54) is 10.8 Å². The van der Waals surface area contributed by atoms with Crippen LogP contribution in [0.1, 0.15) is 109 Å². The number of unbranched alkanes of at least 4 members (excludes halogenated alkanes) is 2. The molecule has 3 amide bonds. The van der Waals surface area contributed by atoms with Gasteiger partial charge < -0.3 is 49.2 Å². The molecule has 438 valence electrons. The first-order chi connectivity index (χ1) is 39.4. The van der Waals surface area contributed by atoms with Crippen LogP contribution in [0, 0.1) is 0 Å². The number of nitrogens with one attached hydrogen (secondary N) is 2. The number of carbonyl (C=O) groups is 4. The van der Waals surface area contributed by atoms with Crippen LogP contribution in [0.4, 0.5) is 28.4 Å². The van der Waals surface area contributed by atoms with Gasteiger partial charge in [-0.05, 0) is 130 Å². The average Bonchev–Trinajstić information content (AvgIpc) is 4.20. The molecule has 9 rings (SSSR count). The highest BCUT2D eigenvalue weighted by atomic mass is 33.1. The summed E-state index contributed by atoms with van der Waals surface area (Å²) in [6.45, 7) is 9.22. The Hall–Kier alpha value is -6.45. The Labute approximate surface area is 490 Å². The topological polar surface area (TPSA) is 186 Å². The number of hydrogen-bond acceptors (Lipinski definition) is 16. The highest BCUT2D eigenvalue weighted by Crippen LogP contribution is 2.45. The van der Waals surface area contributed by atoms with Crippen molar-refractivity contribution >= 4 is 83.6 Å². The second-order valence-corrected chi connectivity index (χ2v) is 27.0. The lowest BCUT2D eigenvalue weighted by molar-refractivity contribution is -0.119. The molecule has 0 aliphatic carbocycles. The van der Waals surface area contributed by atoms with Crippen molar-refractivity contribution in [2.45, 2.75) is 114 Å². The van der Waals surface area contributed by atoms with E-state index in [4.69, 9.17) is 23.1 Å². The summed E-state index contributed by atoms with van der Waals surface area (Å²) in [4.78, 5) is 63.7. The summed E-state index contributed by atoms with van der Waals surface area (Å²) >= 11 is 0. The summed E-state index contributed by atoms with van der Waals surface area (Å²) < 4.78 is 55.0. The first-order valence-corrected chi connectivity index (χ1v) is 31.9. The molecule has 0 fully saturated rings. The van der Waals surface area contributed by atoms with E-state index >= 15 is 0 Å². The average molecular weight is 1180 g/mol. The fourth-order valence-electron chi connectivity index (χ4n) is 11.5. The van der Waals surface area contributed by atoms with Crippen LogP contribution in [0.25, 0.3) is 0 Å². The molecule has 0 aromatic heterocycles. The van der Waals surface area contributed by atoms with Crippen molar-refractivity contribution < 1.29 is 50.7 Å². The lowest BCUT2D eigenvalue weighted by Gasteiger charge is -2.25. The Morgan fingerprint density at radius 2 is 1.23 bits per heavy atom. The third kappa shape index (κ3) is 13.6. The van der Waals surface area contributed by atoms with Crippen molar-refractivity contribution in [1.29, 1.82) is 0 Å². The highest BCUT2D eigenvalue weighted by molar-refractivity contribution is 8.77. The molecule has 17 nitrogen and oxygen atoms in total. The predicted molar refractivity (Wildman–Crippen MR) is 327 cm³/mol. The van der Waals surface area contributed by atoms with Crippen molar-refractivity contribution in [3.63, 3.8) is 0 Å².